The molecule has 0 spiro atoms. The summed E-state index contributed by atoms with van der Waals surface area (Å²) in [6, 6.07) is 9.38. The molecule has 1 aromatic rings. The van der Waals surface area contributed by atoms with E-state index < -0.39 is 37.6 Å². The van der Waals surface area contributed by atoms with Crippen LogP contribution >= 0.6 is 0 Å². The summed E-state index contributed by atoms with van der Waals surface area (Å²) in [7, 11) is -0.622. The van der Waals surface area contributed by atoms with Gasteiger partial charge in [-0.2, -0.15) is 0 Å². The largest absolute Gasteiger partial charge is 0.494 e. The molecule has 2 bridgehead atoms. The van der Waals surface area contributed by atoms with E-state index in [1.165, 1.54) is 6.92 Å². The van der Waals surface area contributed by atoms with E-state index in [4.69, 9.17) is 24.3 Å². The molecule has 2 aliphatic heterocycles. The van der Waals surface area contributed by atoms with E-state index in [9.17, 15) is 4.79 Å². The highest BCUT2D eigenvalue weighted by molar-refractivity contribution is 6.61. The van der Waals surface area contributed by atoms with Gasteiger partial charge in [-0.25, -0.2) is 0 Å². The van der Waals surface area contributed by atoms with E-state index in [-0.39, 0.29) is 6.61 Å². The Bertz CT molecular complexity index is 595. The second kappa shape index (κ2) is 6.37. The van der Waals surface area contributed by atoms with Crippen LogP contribution in [0, 0.1) is 0 Å². The zero-order valence-electron chi connectivity index (χ0n) is 11.9. The van der Waals surface area contributed by atoms with Crippen molar-refractivity contribution in [2.45, 2.75) is 31.5 Å². The number of fused-ring (bicyclic) bond motifs is 2. The first-order valence-electron chi connectivity index (χ1n) is 6.88. The van der Waals surface area contributed by atoms with E-state index in [0.717, 1.165) is 5.46 Å². The molecule has 8 nitrogen and oxygen atoms in total. The van der Waals surface area contributed by atoms with Crippen LogP contribution in [0.2, 0.25) is 0 Å². The van der Waals surface area contributed by atoms with E-state index in [1.807, 2.05) is 30.3 Å². The molecule has 0 N–H and O–H groups in total. The van der Waals surface area contributed by atoms with Gasteiger partial charge in [-0.05, 0) is 11.0 Å². The molecule has 1 aromatic carbocycles. The fourth-order valence-electron chi connectivity index (χ4n) is 2.60. The van der Waals surface area contributed by atoms with Gasteiger partial charge in [0, 0.05) is 11.8 Å². The molecular formula is C13H14BN3O5. The second-order valence-corrected chi connectivity index (χ2v) is 5.02. The summed E-state index contributed by atoms with van der Waals surface area (Å²) in [6.45, 7) is 1.47. The Morgan fingerprint density at radius 2 is 2.18 bits per heavy atom. The maximum atomic E-state index is 11.3. The zero-order valence-corrected chi connectivity index (χ0v) is 11.9. The number of nitrogens with zero attached hydrogens (tertiary/aromatic N) is 3. The average Bonchev–Trinajstić information content (AvgIpc) is 2.50. The van der Waals surface area contributed by atoms with Crippen LogP contribution in [0.5, 0.6) is 0 Å². The van der Waals surface area contributed by atoms with Crippen molar-refractivity contribution in [1.82, 2.24) is 0 Å². The number of rotatable bonds is 3. The number of hydrogen-bond acceptors (Lipinski definition) is 6. The summed E-state index contributed by atoms with van der Waals surface area (Å²) >= 11 is 0. The van der Waals surface area contributed by atoms with Gasteiger partial charge in [0.05, 0.1) is 6.61 Å². The van der Waals surface area contributed by atoms with Crippen molar-refractivity contribution in [2.75, 3.05) is 6.61 Å². The first-order chi connectivity index (χ1) is 10.7. The van der Waals surface area contributed by atoms with Crippen LogP contribution in [-0.4, -0.2) is 44.2 Å². The molecule has 3 rings (SSSR count). The van der Waals surface area contributed by atoms with Gasteiger partial charge < -0.3 is 18.8 Å². The van der Waals surface area contributed by atoms with E-state index >= 15 is 0 Å². The Hall–Kier alpha value is -2.06. The molecule has 0 aliphatic carbocycles. The lowest BCUT2D eigenvalue weighted by molar-refractivity contribution is -0.218. The van der Waals surface area contributed by atoms with Crippen molar-refractivity contribution in [3.63, 3.8) is 0 Å². The summed E-state index contributed by atoms with van der Waals surface area (Å²) < 4.78 is 22.3. The van der Waals surface area contributed by atoms with Gasteiger partial charge in [-0.15, -0.1) is 0 Å². The quantitative estimate of drug-likeness (QED) is 0.270. The Kier molecular flexibility index (Phi) is 4.30. The van der Waals surface area contributed by atoms with Crippen LogP contribution in [0.1, 0.15) is 6.92 Å². The van der Waals surface area contributed by atoms with Crippen molar-refractivity contribution < 1.29 is 23.6 Å². The molecule has 2 fully saturated rings. The first-order valence-corrected chi connectivity index (χ1v) is 6.88. The summed E-state index contributed by atoms with van der Waals surface area (Å²) in [5.41, 5.74) is 9.48. The van der Waals surface area contributed by atoms with Gasteiger partial charge in [0.25, 0.3) is 0 Å². The molecule has 9 heteroatoms. The number of carbonyl (C=O) groups excluding carboxylic acids is 1. The number of hydrogen-bond donors (Lipinski definition) is 0. The molecule has 0 aromatic heterocycles. The van der Waals surface area contributed by atoms with Crippen LogP contribution in [0.3, 0.4) is 0 Å². The maximum Gasteiger partial charge on any atom is 0.494 e. The Labute approximate surface area is 127 Å². The maximum absolute atomic E-state index is 11.3. The average molecular weight is 303 g/mol. The minimum absolute atomic E-state index is 0.158. The lowest BCUT2D eigenvalue weighted by Crippen LogP contribution is -2.65. The number of carbonyl (C=O) groups is 1. The number of benzene rings is 1. The molecule has 4 atom stereocenters. The van der Waals surface area contributed by atoms with Crippen LogP contribution in [0.15, 0.2) is 35.4 Å². The molecule has 0 saturated carbocycles. The third-order valence-corrected chi connectivity index (χ3v) is 3.52. The van der Waals surface area contributed by atoms with Gasteiger partial charge in [0.2, 0.25) is 0 Å². The minimum Gasteiger partial charge on any atom is -0.457 e. The van der Waals surface area contributed by atoms with E-state index in [2.05, 4.69) is 10.0 Å². The molecule has 0 radical (unpaired) electrons. The third kappa shape index (κ3) is 2.93. The van der Waals surface area contributed by atoms with Crippen molar-refractivity contribution in [3.05, 3.63) is 40.8 Å². The lowest BCUT2D eigenvalue weighted by atomic mass is 9.75. The summed E-state index contributed by atoms with van der Waals surface area (Å²) in [4.78, 5) is 14.0. The highest BCUT2D eigenvalue weighted by Crippen LogP contribution is 2.29. The predicted molar refractivity (Wildman–Crippen MR) is 76.0 cm³/mol. The number of esters is 1. The van der Waals surface area contributed by atoms with Crippen LogP contribution in [0.4, 0.5) is 0 Å². The molecule has 2 aliphatic rings. The SMILES string of the molecule is CC(=O)OC1C2COC(N=[N+]=[N-])C1OB(c1ccccc1)O2. The molecule has 2 saturated heterocycles. The Morgan fingerprint density at radius 3 is 2.86 bits per heavy atom. The van der Waals surface area contributed by atoms with E-state index in [1.54, 1.807) is 0 Å². The monoisotopic (exact) mass is 303 g/mol. The Morgan fingerprint density at radius 1 is 1.41 bits per heavy atom. The van der Waals surface area contributed by atoms with Gasteiger partial charge in [-0.1, -0.05) is 35.4 Å². The minimum atomic E-state index is -0.860. The summed E-state index contributed by atoms with van der Waals surface area (Å²) in [5.74, 6) is -0.452. The molecule has 2 heterocycles. The van der Waals surface area contributed by atoms with Gasteiger partial charge in [-0.3, -0.25) is 4.79 Å². The van der Waals surface area contributed by atoms with Crippen molar-refractivity contribution in [2.24, 2.45) is 5.11 Å². The fraction of sp³-hybridized carbons (Fsp3) is 0.462. The first kappa shape index (κ1) is 14.9. The molecule has 0 amide bonds. The second-order valence-electron chi connectivity index (χ2n) is 5.02. The normalized spacial score (nSPS) is 30.3. The third-order valence-electron chi connectivity index (χ3n) is 3.52. The summed E-state index contributed by atoms with van der Waals surface area (Å²) in [5, 5.41) is 3.58. The van der Waals surface area contributed by atoms with Crippen molar-refractivity contribution in [1.29, 1.82) is 0 Å². The van der Waals surface area contributed by atoms with Crippen molar-refractivity contribution >= 4 is 18.6 Å². The van der Waals surface area contributed by atoms with E-state index in [0.29, 0.717) is 0 Å². The summed E-state index contributed by atoms with van der Waals surface area (Å²) in [6.07, 6.45) is -2.71. The van der Waals surface area contributed by atoms with Crippen molar-refractivity contribution in [3.8, 4) is 0 Å². The molecule has 22 heavy (non-hydrogen) atoms. The van der Waals surface area contributed by atoms with Gasteiger partial charge in [0.15, 0.2) is 12.3 Å². The zero-order chi connectivity index (χ0) is 15.5. The molecule has 4 unspecified atom stereocenters. The smallest absolute Gasteiger partial charge is 0.457 e. The van der Waals surface area contributed by atoms with Gasteiger partial charge in [0.1, 0.15) is 12.2 Å². The Balaban J connectivity index is 1.86. The predicted octanol–water partition coefficient (Wildman–Crippen LogP) is 0.764. The van der Waals surface area contributed by atoms with Crippen LogP contribution in [-0.2, 0) is 23.6 Å². The topological polar surface area (TPSA) is 103 Å². The fourth-order valence-corrected chi connectivity index (χ4v) is 2.60. The highest BCUT2D eigenvalue weighted by Gasteiger charge is 2.51. The molecule has 114 valence electrons. The van der Waals surface area contributed by atoms with Gasteiger partial charge >= 0.3 is 13.1 Å². The number of ether oxygens (including phenoxy) is 2. The lowest BCUT2D eigenvalue weighted by Gasteiger charge is -2.46. The standard InChI is InChI=1S/C13H14BN3O5/c1-8(18)20-11-10-7-19-13(16-17-15)12(11)22-14(21-10)9-5-3-2-4-6-9/h2-6,10-13H,7H2,1H3. The van der Waals surface area contributed by atoms with Crippen LogP contribution in [0.25, 0.3) is 10.4 Å². The molecular weight excluding hydrogens is 289 g/mol. The highest BCUT2D eigenvalue weighted by atomic mass is 16.7. The van der Waals surface area contributed by atoms with Crippen LogP contribution < -0.4 is 5.46 Å². The number of azide groups is 1.